The molecule has 100 valence electrons. The van der Waals surface area contributed by atoms with Gasteiger partial charge in [-0.05, 0) is 12.5 Å². The molecule has 0 aromatic heterocycles. The van der Waals surface area contributed by atoms with Crippen LogP contribution in [0.15, 0.2) is 30.3 Å². The van der Waals surface area contributed by atoms with E-state index in [1.165, 1.54) is 0 Å². The number of carbonyl (C=O) groups is 1. The first-order valence-electron chi connectivity index (χ1n) is 5.78. The summed E-state index contributed by atoms with van der Waals surface area (Å²) in [6.45, 7) is 2.31. The van der Waals surface area contributed by atoms with Gasteiger partial charge in [-0.3, -0.25) is 4.79 Å². The Morgan fingerprint density at radius 2 is 2.11 bits per heavy atom. The van der Waals surface area contributed by atoms with E-state index in [-0.39, 0.29) is 24.4 Å². The summed E-state index contributed by atoms with van der Waals surface area (Å²) in [6, 6.07) is 9.31. The van der Waals surface area contributed by atoms with Crippen molar-refractivity contribution in [1.82, 2.24) is 5.32 Å². The molecular weight excluding hydrogens is 254 g/mol. The minimum Gasteiger partial charge on any atom is -0.389 e. The molecule has 0 saturated carbocycles. The maximum Gasteiger partial charge on any atom is 0.235 e. The van der Waals surface area contributed by atoms with Crippen molar-refractivity contribution in [3.63, 3.8) is 0 Å². The zero-order chi connectivity index (χ0) is 13.4. The number of hydrogen-bond donors (Lipinski definition) is 2. The molecule has 1 aromatic rings. The van der Waals surface area contributed by atoms with Crippen molar-refractivity contribution >= 4 is 17.5 Å². The van der Waals surface area contributed by atoms with Crippen LogP contribution in [0.5, 0.6) is 0 Å². The van der Waals surface area contributed by atoms with Gasteiger partial charge in [0.1, 0.15) is 5.88 Å². The van der Waals surface area contributed by atoms with Crippen molar-refractivity contribution in [3.8, 4) is 0 Å². The first-order valence-corrected chi connectivity index (χ1v) is 6.32. The van der Waals surface area contributed by atoms with E-state index >= 15 is 0 Å². The number of aliphatic hydroxyl groups is 1. The largest absolute Gasteiger partial charge is 0.389 e. The average Bonchev–Trinajstić information content (AvgIpc) is 2.39. The highest BCUT2D eigenvalue weighted by Crippen LogP contribution is 2.02. The number of benzene rings is 1. The van der Waals surface area contributed by atoms with Crippen molar-refractivity contribution in [3.05, 3.63) is 35.9 Å². The third-order valence-electron chi connectivity index (χ3n) is 2.49. The Hall–Kier alpha value is -1.10. The zero-order valence-electron chi connectivity index (χ0n) is 10.3. The van der Waals surface area contributed by atoms with Crippen molar-refractivity contribution in [1.29, 1.82) is 0 Å². The maximum absolute atomic E-state index is 11.0. The highest BCUT2D eigenvalue weighted by molar-refractivity contribution is 6.27. The van der Waals surface area contributed by atoms with E-state index in [1.807, 2.05) is 30.3 Å². The molecule has 2 unspecified atom stereocenters. The fraction of sp³-hybridized carbons (Fsp3) is 0.462. The van der Waals surface area contributed by atoms with E-state index < -0.39 is 6.10 Å². The summed E-state index contributed by atoms with van der Waals surface area (Å²) in [7, 11) is 0. The number of alkyl halides is 1. The molecule has 0 aliphatic carbocycles. The third kappa shape index (κ3) is 5.49. The second-order valence-electron chi connectivity index (χ2n) is 4.06. The molecule has 5 heteroatoms. The second-order valence-corrected chi connectivity index (χ2v) is 4.33. The van der Waals surface area contributed by atoms with Crippen molar-refractivity contribution in [2.75, 3.05) is 12.5 Å². The summed E-state index contributed by atoms with van der Waals surface area (Å²) in [6.07, 6.45) is -0.749. The van der Waals surface area contributed by atoms with E-state index in [0.717, 1.165) is 5.56 Å². The number of rotatable bonds is 7. The molecule has 0 bridgehead atoms. The first kappa shape index (κ1) is 15.0. The number of carbonyl (C=O) groups excluding carboxylic acids is 1. The molecule has 2 atom stereocenters. The number of aliphatic hydroxyl groups excluding tert-OH is 1. The van der Waals surface area contributed by atoms with Crippen LogP contribution in [0.25, 0.3) is 0 Å². The van der Waals surface area contributed by atoms with E-state index in [4.69, 9.17) is 16.3 Å². The van der Waals surface area contributed by atoms with E-state index in [2.05, 4.69) is 5.32 Å². The van der Waals surface area contributed by atoms with Crippen LogP contribution < -0.4 is 5.32 Å². The predicted octanol–water partition coefficient (Wildman–Crippen LogP) is 1.31. The van der Waals surface area contributed by atoms with Gasteiger partial charge in [-0.2, -0.15) is 0 Å². The Balaban J connectivity index is 2.24. The Labute approximate surface area is 112 Å². The van der Waals surface area contributed by atoms with Crippen LogP contribution in [0, 0.1) is 0 Å². The van der Waals surface area contributed by atoms with Gasteiger partial charge in [0.25, 0.3) is 0 Å². The number of nitrogens with one attached hydrogen (secondary N) is 1. The standard InChI is InChI=1S/C13H18ClNO3/c1-10(15-13(17)7-14)12(16)9-18-8-11-5-3-2-4-6-11/h2-6,10,12,16H,7-9H2,1H3,(H,15,17). The smallest absolute Gasteiger partial charge is 0.235 e. The lowest BCUT2D eigenvalue weighted by Crippen LogP contribution is -2.43. The van der Waals surface area contributed by atoms with E-state index in [0.29, 0.717) is 6.61 Å². The van der Waals surface area contributed by atoms with Crippen LogP contribution in [0.1, 0.15) is 12.5 Å². The van der Waals surface area contributed by atoms with Crippen LogP contribution in [0.3, 0.4) is 0 Å². The lowest BCUT2D eigenvalue weighted by Gasteiger charge is -2.19. The zero-order valence-corrected chi connectivity index (χ0v) is 11.1. The van der Waals surface area contributed by atoms with E-state index in [1.54, 1.807) is 6.92 Å². The molecule has 0 aliphatic heterocycles. The molecule has 1 rings (SSSR count). The quantitative estimate of drug-likeness (QED) is 0.735. The van der Waals surface area contributed by atoms with Gasteiger partial charge in [-0.25, -0.2) is 0 Å². The fourth-order valence-corrected chi connectivity index (χ4v) is 1.48. The first-order chi connectivity index (χ1) is 8.63. The number of hydrogen-bond acceptors (Lipinski definition) is 3. The lowest BCUT2D eigenvalue weighted by molar-refractivity contribution is -0.120. The van der Waals surface area contributed by atoms with Gasteiger partial charge in [0.15, 0.2) is 0 Å². The summed E-state index contributed by atoms with van der Waals surface area (Å²) in [5, 5.41) is 12.3. The van der Waals surface area contributed by atoms with Crippen LogP contribution in [-0.4, -0.2) is 35.6 Å². The normalized spacial score (nSPS) is 13.9. The lowest BCUT2D eigenvalue weighted by atomic mass is 10.2. The third-order valence-corrected chi connectivity index (χ3v) is 2.73. The summed E-state index contributed by atoms with van der Waals surface area (Å²) >= 11 is 5.36. The van der Waals surface area contributed by atoms with Gasteiger partial charge in [0.05, 0.1) is 25.4 Å². The van der Waals surface area contributed by atoms with Crippen LogP contribution in [0.2, 0.25) is 0 Å². The van der Waals surface area contributed by atoms with Gasteiger partial charge >= 0.3 is 0 Å². The summed E-state index contributed by atoms with van der Waals surface area (Å²) < 4.78 is 5.38. The Morgan fingerprint density at radius 1 is 1.44 bits per heavy atom. The SMILES string of the molecule is CC(NC(=O)CCl)C(O)COCc1ccccc1. The number of amides is 1. The topological polar surface area (TPSA) is 58.6 Å². The fourth-order valence-electron chi connectivity index (χ4n) is 1.40. The minimum atomic E-state index is -0.749. The Morgan fingerprint density at radius 3 is 2.72 bits per heavy atom. The van der Waals surface area contributed by atoms with Crippen LogP contribution >= 0.6 is 11.6 Å². The summed E-state index contributed by atoms with van der Waals surface area (Å²) in [5.74, 6) is -0.409. The molecule has 0 spiro atoms. The van der Waals surface area contributed by atoms with Gasteiger partial charge < -0.3 is 15.2 Å². The molecule has 0 heterocycles. The Kier molecular flexibility index (Phi) is 6.72. The molecule has 1 amide bonds. The van der Waals surface area contributed by atoms with Crippen LogP contribution in [0.4, 0.5) is 0 Å². The van der Waals surface area contributed by atoms with Crippen molar-refractivity contribution in [2.24, 2.45) is 0 Å². The molecule has 0 saturated heterocycles. The minimum absolute atomic E-state index is 0.109. The molecule has 0 radical (unpaired) electrons. The van der Waals surface area contributed by atoms with Crippen molar-refractivity contribution < 1.29 is 14.6 Å². The number of ether oxygens (including phenoxy) is 1. The molecule has 2 N–H and O–H groups in total. The van der Waals surface area contributed by atoms with E-state index in [9.17, 15) is 9.90 Å². The van der Waals surface area contributed by atoms with Gasteiger partial charge in [-0.15, -0.1) is 11.6 Å². The van der Waals surface area contributed by atoms with Crippen molar-refractivity contribution in [2.45, 2.75) is 25.7 Å². The monoisotopic (exact) mass is 271 g/mol. The maximum atomic E-state index is 11.0. The average molecular weight is 272 g/mol. The highest BCUT2D eigenvalue weighted by Gasteiger charge is 2.16. The molecule has 0 fully saturated rings. The van der Waals surface area contributed by atoms with Gasteiger partial charge in [-0.1, -0.05) is 30.3 Å². The Bertz CT molecular complexity index is 359. The van der Waals surface area contributed by atoms with Gasteiger partial charge in [0.2, 0.25) is 5.91 Å². The molecule has 1 aromatic carbocycles. The predicted molar refractivity (Wildman–Crippen MR) is 70.4 cm³/mol. The number of halogens is 1. The molecule has 18 heavy (non-hydrogen) atoms. The summed E-state index contributed by atoms with van der Waals surface area (Å²) in [4.78, 5) is 11.0. The highest BCUT2D eigenvalue weighted by atomic mass is 35.5. The van der Waals surface area contributed by atoms with Gasteiger partial charge in [0, 0.05) is 0 Å². The molecule has 0 aliphatic rings. The summed E-state index contributed by atoms with van der Waals surface area (Å²) in [5.41, 5.74) is 1.04. The molecular formula is C13H18ClNO3. The van der Waals surface area contributed by atoms with Crippen LogP contribution in [-0.2, 0) is 16.1 Å². The molecule has 4 nitrogen and oxygen atoms in total. The second kappa shape index (κ2) is 8.08.